The molecule has 4 rings (SSSR count). The number of hydrogen-bond acceptors (Lipinski definition) is 3. The molecule has 6 heteroatoms. The molecule has 0 N–H and O–H groups in total. The number of aryl methyl sites for hydroxylation is 1. The summed E-state index contributed by atoms with van der Waals surface area (Å²) in [6, 6.07) is 8.68. The van der Waals surface area contributed by atoms with E-state index in [1.807, 2.05) is 47.7 Å². The summed E-state index contributed by atoms with van der Waals surface area (Å²) >= 11 is 3.47. The molecule has 2 saturated heterocycles. The Labute approximate surface area is 169 Å². The number of carbonyl (C=O) groups is 1. The van der Waals surface area contributed by atoms with E-state index in [2.05, 4.69) is 25.9 Å². The van der Waals surface area contributed by atoms with Gasteiger partial charge in [-0.15, -0.1) is 0 Å². The molecule has 0 bridgehead atoms. The van der Waals surface area contributed by atoms with Crippen molar-refractivity contribution in [1.29, 1.82) is 0 Å². The SMILES string of the molecule is Cc1nn(-c2ccc(Br)cc2)c(C)c1C(=O)N1CCC(N2CCCC2)CC1. The summed E-state index contributed by atoms with van der Waals surface area (Å²) in [5.41, 5.74) is 3.46. The van der Waals surface area contributed by atoms with Crippen LogP contribution in [0.3, 0.4) is 0 Å². The van der Waals surface area contributed by atoms with Crippen molar-refractivity contribution in [2.24, 2.45) is 0 Å². The van der Waals surface area contributed by atoms with Crippen LogP contribution in [0.5, 0.6) is 0 Å². The molecule has 0 atom stereocenters. The number of benzene rings is 1. The fourth-order valence-corrected chi connectivity index (χ4v) is 4.75. The molecule has 3 heterocycles. The van der Waals surface area contributed by atoms with Gasteiger partial charge >= 0.3 is 0 Å². The standard InChI is InChI=1S/C21H27BrN4O/c1-15-20(16(2)26(23-15)19-7-5-17(22)6-8-19)21(27)25-13-9-18(10-14-25)24-11-3-4-12-24/h5-8,18H,3-4,9-14H2,1-2H3. The molecule has 27 heavy (non-hydrogen) atoms. The first kappa shape index (κ1) is 18.7. The monoisotopic (exact) mass is 430 g/mol. The Bertz CT molecular complexity index is 815. The first-order valence-electron chi connectivity index (χ1n) is 9.90. The zero-order valence-corrected chi connectivity index (χ0v) is 17.7. The molecule has 0 radical (unpaired) electrons. The molecule has 1 aromatic heterocycles. The quantitative estimate of drug-likeness (QED) is 0.739. The lowest BCUT2D eigenvalue weighted by atomic mass is 10.0. The number of aromatic nitrogens is 2. The zero-order valence-electron chi connectivity index (χ0n) is 16.1. The largest absolute Gasteiger partial charge is 0.338 e. The van der Waals surface area contributed by atoms with Crippen LogP contribution in [-0.4, -0.2) is 57.7 Å². The second-order valence-electron chi connectivity index (χ2n) is 7.70. The lowest BCUT2D eigenvalue weighted by molar-refractivity contribution is 0.0643. The number of halogens is 1. The smallest absolute Gasteiger partial charge is 0.257 e. The molecule has 2 aliphatic rings. The van der Waals surface area contributed by atoms with E-state index in [0.29, 0.717) is 6.04 Å². The van der Waals surface area contributed by atoms with Gasteiger partial charge < -0.3 is 9.80 Å². The highest BCUT2D eigenvalue weighted by Crippen LogP contribution is 2.25. The van der Waals surface area contributed by atoms with Crippen LogP contribution >= 0.6 is 15.9 Å². The van der Waals surface area contributed by atoms with Crippen molar-refractivity contribution in [2.75, 3.05) is 26.2 Å². The van der Waals surface area contributed by atoms with Crippen LogP contribution in [0, 0.1) is 13.8 Å². The summed E-state index contributed by atoms with van der Waals surface area (Å²) in [6.45, 7) is 8.09. The average Bonchev–Trinajstić information content (AvgIpc) is 3.31. The van der Waals surface area contributed by atoms with E-state index in [9.17, 15) is 4.79 Å². The number of rotatable bonds is 3. The predicted octanol–water partition coefficient (Wildman–Crippen LogP) is 3.95. The summed E-state index contributed by atoms with van der Waals surface area (Å²) in [5, 5.41) is 4.65. The van der Waals surface area contributed by atoms with E-state index in [0.717, 1.165) is 53.0 Å². The van der Waals surface area contributed by atoms with Crippen molar-refractivity contribution < 1.29 is 4.79 Å². The Morgan fingerprint density at radius 2 is 1.67 bits per heavy atom. The maximum atomic E-state index is 13.2. The van der Waals surface area contributed by atoms with Gasteiger partial charge in [0.1, 0.15) is 0 Å². The lowest BCUT2D eigenvalue weighted by Gasteiger charge is -2.36. The fourth-order valence-electron chi connectivity index (χ4n) is 4.48. The second kappa shape index (κ2) is 7.76. The Kier molecular flexibility index (Phi) is 5.37. The third-order valence-electron chi connectivity index (χ3n) is 5.99. The van der Waals surface area contributed by atoms with Gasteiger partial charge in [-0.3, -0.25) is 4.79 Å². The van der Waals surface area contributed by atoms with Gasteiger partial charge in [-0.2, -0.15) is 5.10 Å². The van der Waals surface area contributed by atoms with Crippen LogP contribution in [0.4, 0.5) is 0 Å². The van der Waals surface area contributed by atoms with Crippen molar-refractivity contribution in [3.8, 4) is 5.69 Å². The molecule has 0 unspecified atom stereocenters. The molecule has 0 spiro atoms. The second-order valence-corrected chi connectivity index (χ2v) is 8.62. The van der Waals surface area contributed by atoms with Crippen molar-refractivity contribution in [2.45, 2.75) is 45.6 Å². The predicted molar refractivity (Wildman–Crippen MR) is 110 cm³/mol. The van der Waals surface area contributed by atoms with Gasteiger partial charge in [-0.25, -0.2) is 4.68 Å². The first-order chi connectivity index (χ1) is 13.0. The summed E-state index contributed by atoms with van der Waals surface area (Å²) in [6.07, 6.45) is 4.83. The number of amides is 1. The number of piperidine rings is 1. The van der Waals surface area contributed by atoms with Crippen LogP contribution in [0.1, 0.15) is 47.4 Å². The molecule has 1 aromatic carbocycles. The lowest BCUT2D eigenvalue weighted by Crippen LogP contribution is -2.46. The minimum absolute atomic E-state index is 0.133. The third kappa shape index (κ3) is 3.69. The molecular formula is C21H27BrN4O. The van der Waals surface area contributed by atoms with E-state index >= 15 is 0 Å². The molecule has 0 saturated carbocycles. The minimum atomic E-state index is 0.133. The van der Waals surface area contributed by atoms with E-state index in [4.69, 9.17) is 0 Å². The Hall–Kier alpha value is -1.66. The van der Waals surface area contributed by atoms with Crippen LogP contribution < -0.4 is 0 Å². The molecular weight excluding hydrogens is 404 g/mol. The van der Waals surface area contributed by atoms with Gasteiger partial charge in [0.2, 0.25) is 0 Å². The van der Waals surface area contributed by atoms with E-state index in [1.54, 1.807) is 0 Å². The molecule has 144 valence electrons. The van der Waals surface area contributed by atoms with Crippen molar-refractivity contribution in [3.63, 3.8) is 0 Å². The van der Waals surface area contributed by atoms with Crippen LogP contribution in [0.2, 0.25) is 0 Å². The molecule has 0 aliphatic carbocycles. The molecule has 2 aliphatic heterocycles. The Morgan fingerprint density at radius 3 is 2.30 bits per heavy atom. The molecule has 2 fully saturated rings. The van der Waals surface area contributed by atoms with E-state index in [1.165, 1.54) is 25.9 Å². The summed E-state index contributed by atoms with van der Waals surface area (Å²) in [5.74, 6) is 0.133. The Balaban J connectivity index is 1.50. The topological polar surface area (TPSA) is 41.4 Å². The highest BCUT2D eigenvalue weighted by atomic mass is 79.9. The van der Waals surface area contributed by atoms with Gasteiger partial charge in [-0.05, 0) is 76.9 Å². The summed E-state index contributed by atoms with van der Waals surface area (Å²) < 4.78 is 2.91. The van der Waals surface area contributed by atoms with Crippen LogP contribution in [-0.2, 0) is 0 Å². The summed E-state index contributed by atoms with van der Waals surface area (Å²) in [4.78, 5) is 17.9. The normalized spacial score (nSPS) is 19.0. The molecule has 1 amide bonds. The number of likely N-dealkylation sites (tertiary alicyclic amines) is 2. The fraction of sp³-hybridized carbons (Fsp3) is 0.524. The van der Waals surface area contributed by atoms with Crippen molar-refractivity contribution in [1.82, 2.24) is 19.6 Å². The van der Waals surface area contributed by atoms with Crippen LogP contribution in [0.15, 0.2) is 28.7 Å². The number of nitrogens with zero attached hydrogens (tertiary/aromatic N) is 4. The highest BCUT2D eigenvalue weighted by molar-refractivity contribution is 9.10. The highest BCUT2D eigenvalue weighted by Gasteiger charge is 2.30. The Morgan fingerprint density at radius 1 is 1.04 bits per heavy atom. The van der Waals surface area contributed by atoms with Gasteiger partial charge in [-0.1, -0.05) is 15.9 Å². The average molecular weight is 431 g/mol. The summed E-state index contributed by atoms with van der Waals surface area (Å²) in [7, 11) is 0. The minimum Gasteiger partial charge on any atom is -0.338 e. The number of carbonyl (C=O) groups excluding carboxylic acids is 1. The first-order valence-corrected chi connectivity index (χ1v) is 10.7. The van der Waals surface area contributed by atoms with Crippen LogP contribution in [0.25, 0.3) is 5.69 Å². The van der Waals surface area contributed by atoms with E-state index in [-0.39, 0.29) is 5.91 Å². The van der Waals surface area contributed by atoms with Crippen molar-refractivity contribution in [3.05, 3.63) is 45.7 Å². The van der Waals surface area contributed by atoms with Gasteiger partial charge in [0.25, 0.3) is 5.91 Å². The molecule has 2 aromatic rings. The third-order valence-corrected chi connectivity index (χ3v) is 6.51. The van der Waals surface area contributed by atoms with Crippen molar-refractivity contribution >= 4 is 21.8 Å². The maximum Gasteiger partial charge on any atom is 0.257 e. The maximum absolute atomic E-state index is 13.2. The van der Waals surface area contributed by atoms with Gasteiger partial charge in [0.15, 0.2) is 0 Å². The van der Waals surface area contributed by atoms with Gasteiger partial charge in [0.05, 0.1) is 22.6 Å². The van der Waals surface area contributed by atoms with Gasteiger partial charge in [0, 0.05) is 23.6 Å². The molecule has 5 nitrogen and oxygen atoms in total. The number of hydrogen-bond donors (Lipinski definition) is 0. The van der Waals surface area contributed by atoms with E-state index < -0.39 is 0 Å². The zero-order chi connectivity index (χ0) is 19.0.